The van der Waals surface area contributed by atoms with Crippen LogP contribution in [-0.4, -0.2) is 19.2 Å². The largest absolute Gasteiger partial charge is 0.449 e. The minimum Gasteiger partial charge on any atom is -0.449 e. The summed E-state index contributed by atoms with van der Waals surface area (Å²) in [7, 11) is 0. The quantitative estimate of drug-likeness (QED) is 0.364. The number of hydrogen-bond donors (Lipinski definition) is 1. The van der Waals surface area contributed by atoms with Crippen molar-refractivity contribution < 1.29 is 13.9 Å². The highest BCUT2D eigenvalue weighted by molar-refractivity contribution is 9.10. The Labute approximate surface area is 194 Å². The van der Waals surface area contributed by atoms with Crippen molar-refractivity contribution in [3.8, 4) is 11.1 Å². The first-order chi connectivity index (χ1) is 15.0. The van der Waals surface area contributed by atoms with Crippen LogP contribution in [0.4, 0.5) is 9.18 Å². The summed E-state index contributed by atoms with van der Waals surface area (Å²) in [4.78, 5) is 12.2. The van der Waals surface area contributed by atoms with E-state index in [1.807, 2.05) is 24.3 Å². The lowest BCUT2D eigenvalue weighted by atomic mass is 9.98. The van der Waals surface area contributed by atoms with E-state index in [-0.39, 0.29) is 12.5 Å². The van der Waals surface area contributed by atoms with Crippen molar-refractivity contribution in [2.75, 3.05) is 13.2 Å². The Bertz CT molecular complexity index is 1080. The van der Waals surface area contributed by atoms with E-state index >= 15 is 0 Å². The summed E-state index contributed by atoms with van der Waals surface area (Å²) in [5, 5.41) is 3.07. The molecule has 0 heterocycles. The maximum atomic E-state index is 14.0. The van der Waals surface area contributed by atoms with Gasteiger partial charge >= 0.3 is 6.09 Å². The Morgan fingerprint density at radius 1 is 1.10 bits per heavy atom. The molecule has 4 rings (SSSR count). The molecule has 0 unspecified atom stereocenters. The number of halogens is 3. The van der Waals surface area contributed by atoms with E-state index in [9.17, 15) is 9.18 Å². The van der Waals surface area contributed by atoms with E-state index in [2.05, 4.69) is 45.5 Å². The van der Waals surface area contributed by atoms with Crippen molar-refractivity contribution in [1.29, 1.82) is 0 Å². The van der Waals surface area contributed by atoms with Gasteiger partial charge in [-0.05, 0) is 40.8 Å². The molecule has 0 bridgehead atoms. The van der Waals surface area contributed by atoms with Gasteiger partial charge in [-0.15, -0.1) is 0 Å². The SMILES string of the molecule is O=C(NCCC=Cc1c(F)cc(Cl)cc1Br)OCC1c2ccccc2-c2ccccc21. The molecule has 0 saturated heterocycles. The van der Waals surface area contributed by atoms with Crippen LogP contribution in [0.3, 0.4) is 0 Å². The lowest BCUT2D eigenvalue weighted by Crippen LogP contribution is -2.26. The Morgan fingerprint density at radius 2 is 1.74 bits per heavy atom. The first-order valence-corrected chi connectivity index (χ1v) is 11.1. The average molecular weight is 501 g/mol. The third-order valence-corrected chi connectivity index (χ3v) is 6.13. The molecular formula is C25H20BrClFNO2. The number of fused-ring (bicyclic) bond motifs is 3. The normalized spacial score (nSPS) is 12.6. The molecule has 1 aliphatic rings. The molecule has 158 valence electrons. The van der Waals surface area contributed by atoms with Crippen LogP contribution in [0.25, 0.3) is 17.2 Å². The summed E-state index contributed by atoms with van der Waals surface area (Å²) in [5.41, 5.74) is 5.16. The van der Waals surface area contributed by atoms with Crippen molar-refractivity contribution >= 4 is 39.7 Å². The van der Waals surface area contributed by atoms with Crippen LogP contribution in [0.15, 0.2) is 71.2 Å². The molecule has 1 amide bonds. The number of benzene rings is 3. The van der Waals surface area contributed by atoms with E-state index in [0.29, 0.717) is 28.0 Å². The molecule has 3 nitrogen and oxygen atoms in total. The van der Waals surface area contributed by atoms with Crippen LogP contribution in [0, 0.1) is 5.82 Å². The lowest BCUT2D eigenvalue weighted by Gasteiger charge is -2.14. The molecule has 31 heavy (non-hydrogen) atoms. The smallest absolute Gasteiger partial charge is 0.407 e. The molecule has 0 aromatic heterocycles. The maximum absolute atomic E-state index is 14.0. The topological polar surface area (TPSA) is 38.3 Å². The second kappa shape index (κ2) is 9.67. The molecule has 0 aliphatic heterocycles. The van der Waals surface area contributed by atoms with Gasteiger partial charge in [-0.1, -0.05) is 88.2 Å². The molecular weight excluding hydrogens is 481 g/mol. The van der Waals surface area contributed by atoms with Gasteiger partial charge in [0.15, 0.2) is 0 Å². The summed E-state index contributed by atoms with van der Waals surface area (Å²) in [5.74, 6) is -0.372. The molecule has 6 heteroatoms. The Hall–Kier alpha value is -2.63. The van der Waals surface area contributed by atoms with Gasteiger partial charge < -0.3 is 10.1 Å². The van der Waals surface area contributed by atoms with Crippen LogP contribution in [-0.2, 0) is 4.74 Å². The standard InChI is InChI=1S/C25H20BrClFNO2/c26-23-13-16(27)14-24(28)21(23)11-5-6-12-29-25(30)31-15-22-19-9-3-1-7-17(19)18-8-2-4-10-20(18)22/h1-5,7-11,13-14,22H,6,12,15H2,(H,29,30). The summed E-state index contributed by atoms with van der Waals surface area (Å²) >= 11 is 9.12. The zero-order chi connectivity index (χ0) is 21.8. The number of rotatable bonds is 6. The zero-order valence-electron chi connectivity index (χ0n) is 16.6. The number of amides is 1. The number of carbonyl (C=O) groups excluding carboxylic acids is 1. The van der Waals surface area contributed by atoms with Crippen LogP contribution in [0.5, 0.6) is 0 Å². The van der Waals surface area contributed by atoms with Gasteiger partial charge in [0.2, 0.25) is 0 Å². The molecule has 3 aromatic rings. The molecule has 1 aliphatic carbocycles. The monoisotopic (exact) mass is 499 g/mol. The average Bonchev–Trinajstić information content (AvgIpc) is 3.07. The third-order valence-electron chi connectivity index (χ3n) is 5.25. The molecule has 0 saturated carbocycles. The minimum absolute atomic E-state index is 0.0308. The first-order valence-electron chi connectivity index (χ1n) is 9.94. The van der Waals surface area contributed by atoms with Gasteiger partial charge in [0.25, 0.3) is 0 Å². The van der Waals surface area contributed by atoms with Crippen molar-refractivity contribution in [3.05, 3.63) is 98.7 Å². The summed E-state index contributed by atoms with van der Waals surface area (Å²) in [6, 6.07) is 19.3. The van der Waals surface area contributed by atoms with E-state index in [0.717, 1.165) is 0 Å². The van der Waals surface area contributed by atoms with Crippen molar-refractivity contribution in [3.63, 3.8) is 0 Å². The van der Waals surface area contributed by atoms with Crippen molar-refractivity contribution in [2.45, 2.75) is 12.3 Å². The number of hydrogen-bond acceptors (Lipinski definition) is 2. The number of nitrogens with one attached hydrogen (secondary N) is 1. The predicted molar refractivity (Wildman–Crippen MR) is 126 cm³/mol. The van der Waals surface area contributed by atoms with Gasteiger partial charge in [-0.2, -0.15) is 0 Å². The third kappa shape index (κ3) is 4.83. The van der Waals surface area contributed by atoms with Crippen LogP contribution in [0.2, 0.25) is 5.02 Å². The number of alkyl carbamates (subject to hydrolysis) is 1. The summed E-state index contributed by atoms with van der Waals surface area (Å²) in [6.45, 7) is 0.665. The Morgan fingerprint density at radius 3 is 2.39 bits per heavy atom. The molecule has 0 atom stereocenters. The van der Waals surface area contributed by atoms with Gasteiger partial charge in [0.1, 0.15) is 12.4 Å². The van der Waals surface area contributed by atoms with E-state index in [1.54, 1.807) is 18.2 Å². The number of carbonyl (C=O) groups is 1. The molecule has 1 N–H and O–H groups in total. The molecule has 0 radical (unpaired) electrons. The van der Waals surface area contributed by atoms with Gasteiger partial charge in [-0.25, -0.2) is 9.18 Å². The van der Waals surface area contributed by atoms with Crippen molar-refractivity contribution in [2.24, 2.45) is 0 Å². The summed E-state index contributed by atoms with van der Waals surface area (Å²) < 4.78 is 20.0. The van der Waals surface area contributed by atoms with Gasteiger partial charge in [0.05, 0.1) is 0 Å². The fraction of sp³-hybridized carbons (Fsp3) is 0.160. The second-order valence-corrected chi connectivity index (χ2v) is 8.52. The fourth-order valence-electron chi connectivity index (χ4n) is 3.82. The Kier molecular flexibility index (Phi) is 6.73. The predicted octanol–water partition coefficient (Wildman–Crippen LogP) is 7.18. The summed E-state index contributed by atoms with van der Waals surface area (Å²) in [6.07, 6.45) is 3.53. The first kappa shape index (κ1) is 21.6. The highest BCUT2D eigenvalue weighted by Crippen LogP contribution is 2.44. The van der Waals surface area contributed by atoms with Gasteiger partial charge in [-0.3, -0.25) is 0 Å². The molecule has 0 fully saturated rings. The zero-order valence-corrected chi connectivity index (χ0v) is 18.9. The van der Waals surface area contributed by atoms with Crippen LogP contribution in [0.1, 0.15) is 29.0 Å². The van der Waals surface area contributed by atoms with E-state index in [1.165, 1.54) is 28.3 Å². The van der Waals surface area contributed by atoms with Crippen LogP contribution < -0.4 is 5.32 Å². The number of ether oxygens (including phenoxy) is 1. The highest BCUT2D eigenvalue weighted by atomic mass is 79.9. The van der Waals surface area contributed by atoms with Gasteiger partial charge in [0, 0.05) is 27.5 Å². The highest BCUT2D eigenvalue weighted by Gasteiger charge is 2.28. The minimum atomic E-state index is -0.464. The van der Waals surface area contributed by atoms with Crippen molar-refractivity contribution in [1.82, 2.24) is 5.32 Å². The molecule has 3 aromatic carbocycles. The molecule has 0 spiro atoms. The maximum Gasteiger partial charge on any atom is 0.407 e. The van der Waals surface area contributed by atoms with Crippen LogP contribution >= 0.6 is 27.5 Å². The second-order valence-electron chi connectivity index (χ2n) is 7.23. The fourth-order valence-corrected chi connectivity index (χ4v) is 4.73. The lowest BCUT2D eigenvalue weighted by molar-refractivity contribution is 0.143. The van der Waals surface area contributed by atoms with E-state index in [4.69, 9.17) is 16.3 Å². The van der Waals surface area contributed by atoms with E-state index < -0.39 is 11.9 Å². The Balaban J connectivity index is 1.29.